The number of alkyl halides is 3. The fourth-order valence-electron chi connectivity index (χ4n) is 2.47. The summed E-state index contributed by atoms with van der Waals surface area (Å²) in [5.74, 6) is -2.96. The summed E-state index contributed by atoms with van der Waals surface area (Å²) in [6.45, 7) is 0. The standard InChI is InChI=1S/C21H12ClF3O3/c22-15-8-6-13(7-9-15)18-11-10-16(28-18)12-17(20(27)21(23,24)25)19(26)14-4-2-1-3-5-14/h1-12H/b17-12+. The zero-order valence-electron chi connectivity index (χ0n) is 14.2. The van der Waals surface area contributed by atoms with E-state index in [0.717, 1.165) is 6.08 Å². The molecule has 0 saturated heterocycles. The molecule has 1 aromatic heterocycles. The van der Waals surface area contributed by atoms with E-state index in [2.05, 4.69) is 0 Å². The van der Waals surface area contributed by atoms with Gasteiger partial charge in [0, 0.05) is 16.1 Å². The fourth-order valence-corrected chi connectivity index (χ4v) is 2.60. The molecule has 0 aliphatic heterocycles. The van der Waals surface area contributed by atoms with Crippen LogP contribution in [-0.2, 0) is 4.79 Å². The molecule has 0 amide bonds. The van der Waals surface area contributed by atoms with Crippen LogP contribution in [0.1, 0.15) is 16.1 Å². The fraction of sp³-hybridized carbons (Fsp3) is 0.0476. The van der Waals surface area contributed by atoms with Crippen LogP contribution < -0.4 is 0 Å². The Kier molecular flexibility index (Phi) is 5.51. The number of benzene rings is 2. The quantitative estimate of drug-likeness (QED) is 0.227. The summed E-state index contributed by atoms with van der Waals surface area (Å²) in [6.07, 6.45) is -4.38. The van der Waals surface area contributed by atoms with Crippen molar-refractivity contribution in [2.45, 2.75) is 6.18 Å². The minimum absolute atomic E-state index is 0.0316. The van der Waals surface area contributed by atoms with E-state index in [4.69, 9.17) is 16.0 Å². The molecule has 3 rings (SSSR count). The first-order chi connectivity index (χ1) is 13.3. The minimum atomic E-state index is -5.19. The summed E-state index contributed by atoms with van der Waals surface area (Å²) in [4.78, 5) is 24.3. The molecule has 3 aromatic rings. The SMILES string of the molecule is O=C(/C(=C\c1ccc(-c2ccc(Cl)cc2)o1)C(=O)C(F)(F)F)c1ccccc1. The van der Waals surface area contributed by atoms with Crippen molar-refractivity contribution < 1.29 is 27.2 Å². The van der Waals surface area contributed by atoms with Gasteiger partial charge in [0.05, 0.1) is 5.57 Å². The normalized spacial score (nSPS) is 12.1. The monoisotopic (exact) mass is 404 g/mol. The number of hydrogen-bond donors (Lipinski definition) is 0. The molecule has 0 spiro atoms. The van der Waals surface area contributed by atoms with Gasteiger partial charge in [0.15, 0.2) is 5.78 Å². The maximum atomic E-state index is 13.0. The van der Waals surface area contributed by atoms with Gasteiger partial charge in [0.25, 0.3) is 5.78 Å². The molecule has 7 heteroatoms. The molecule has 0 aliphatic carbocycles. The summed E-state index contributed by atoms with van der Waals surface area (Å²) in [5.41, 5.74) is -0.409. The Bertz CT molecular complexity index is 1030. The van der Waals surface area contributed by atoms with Crippen LogP contribution in [0.5, 0.6) is 0 Å². The van der Waals surface area contributed by atoms with Gasteiger partial charge in [0.1, 0.15) is 11.5 Å². The summed E-state index contributed by atoms with van der Waals surface area (Å²) in [6, 6.07) is 16.8. The summed E-state index contributed by atoms with van der Waals surface area (Å²) in [5, 5.41) is 0.516. The topological polar surface area (TPSA) is 47.3 Å². The zero-order valence-corrected chi connectivity index (χ0v) is 14.9. The van der Waals surface area contributed by atoms with Crippen molar-refractivity contribution in [2.24, 2.45) is 0 Å². The Balaban J connectivity index is 2.01. The van der Waals surface area contributed by atoms with E-state index in [1.807, 2.05) is 0 Å². The Morgan fingerprint density at radius 1 is 0.893 bits per heavy atom. The molecule has 142 valence electrons. The van der Waals surface area contributed by atoms with E-state index in [9.17, 15) is 22.8 Å². The van der Waals surface area contributed by atoms with Crippen LogP contribution in [0.4, 0.5) is 13.2 Å². The van der Waals surface area contributed by atoms with Crippen LogP contribution in [0.25, 0.3) is 17.4 Å². The van der Waals surface area contributed by atoms with Crippen molar-refractivity contribution in [3.8, 4) is 11.3 Å². The van der Waals surface area contributed by atoms with Gasteiger partial charge < -0.3 is 4.42 Å². The Labute approximate surface area is 163 Å². The Morgan fingerprint density at radius 2 is 1.54 bits per heavy atom. The van der Waals surface area contributed by atoms with Crippen LogP contribution >= 0.6 is 11.6 Å². The smallest absolute Gasteiger partial charge is 0.455 e. The molecule has 1 heterocycles. The lowest BCUT2D eigenvalue weighted by Gasteiger charge is -2.08. The van der Waals surface area contributed by atoms with E-state index in [1.54, 1.807) is 30.3 Å². The lowest BCUT2D eigenvalue weighted by Crippen LogP contribution is -2.28. The number of carbonyl (C=O) groups excluding carboxylic acids is 2. The number of furan rings is 1. The van der Waals surface area contributed by atoms with Gasteiger partial charge in [-0.25, -0.2) is 0 Å². The molecule has 2 aromatic carbocycles. The molecule has 0 aliphatic rings. The van der Waals surface area contributed by atoms with Crippen LogP contribution in [0.15, 0.2) is 76.7 Å². The molecule has 0 saturated carbocycles. The molecular formula is C21H12ClF3O3. The lowest BCUT2D eigenvalue weighted by molar-refractivity contribution is -0.166. The van der Waals surface area contributed by atoms with Gasteiger partial charge >= 0.3 is 6.18 Å². The minimum Gasteiger partial charge on any atom is -0.457 e. The van der Waals surface area contributed by atoms with E-state index in [0.29, 0.717) is 16.3 Å². The molecule has 0 radical (unpaired) electrons. The highest BCUT2D eigenvalue weighted by molar-refractivity contribution is 6.30. The highest BCUT2D eigenvalue weighted by Crippen LogP contribution is 2.28. The molecule has 0 fully saturated rings. The highest BCUT2D eigenvalue weighted by Gasteiger charge is 2.43. The second-order valence-electron chi connectivity index (χ2n) is 5.79. The van der Waals surface area contributed by atoms with E-state index in [1.165, 1.54) is 36.4 Å². The average molecular weight is 405 g/mol. The van der Waals surface area contributed by atoms with Crippen LogP contribution in [-0.4, -0.2) is 17.7 Å². The highest BCUT2D eigenvalue weighted by atomic mass is 35.5. The largest absolute Gasteiger partial charge is 0.457 e. The van der Waals surface area contributed by atoms with E-state index in [-0.39, 0.29) is 11.3 Å². The summed E-state index contributed by atoms with van der Waals surface area (Å²) >= 11 is 5.82. The van der Waals surface area contributed by atoms with Crippen molar-refractivity contribution in [3.05, 3.63) is 88.6 Å². The predicted molar refractivity (Wildman–Crippen MR) is 99.0 cm³/mol. The van der Waals surface area contributed by atoms with Crippen molar-refractivity contribution in [1.29, 1.82) is 0 Å². The molecule has 0 bridgehead atoms. The first kappa shape index (κ1) is 19.6. The second kappa shape index (κ2) is 7.86. The van der Waals surface area contributed by atoms with Crippen LogP contribution in [0, 0.1) is 0 Å². The lowest BCUT2D eigenvalue weighted by atomic mass is 9.99. The third-order valence-electron chi connectivity index (χ3n) is 3.82. The third kappa shape index (κ3) is 4.40. The van der Waals surface area contributed by atoms with Gasteiger partial charge in [-0.1, -0.05) is 41.9 Å². The first-order valence-electron chi connectivity index (χ1n) is 8.04. The van der Waals surface area contributed by atoms with Crippen molar-refractivity contribution in [1.82, 2.24) is 0 Å². The molecule has 0 atom stereocenters. The van der Waals surface area contributed by atoms with Gasteiger partial charge in [-0.05, 0) is 42.5 Å². The van der Waals surface area contributed by atoms with Crippen LogP contribution in [0.2, 0.25) is 5.02 Å². The van der Waals surface area contributed by atoms with Gasteiger partial charge in [-0.15, -0.1) is 0 Å². The van der Waals surface area contributed by atoms with Crippen molar-refractivity contribution in [3.63, 3.8) is 0 Å². The number of Topliss-reactive ketones (excluding diaryl/α,β-unsaturated/α-hetero) is 2. The maximum Gasteiger partial charge on any atom is 0.455 e. The van der Waals surface area contributed by atoms with E-state index < -0.39 is 23.3 Å². The summed E-state index contributed by atoms with van der Waals surface area (Å²) < 4.78 is 44.5. The molecule has 28 heavy (non-hydrogen) atoms. The molecule has 0 unspecified atom stereocenters. The first-order valence-corrected chi connectivity index (χ1v) is 8.42. The number of hydrogen-bond acceptors (Lipinski definition) is 3. The summed E-state index contributed by atoms with van der Waals surface area (Å²) in [7, 11) is 0. The van der Waals surface area contributed by atoms with Crippen molar-refractivity contribution in [2.75, 3.05) is 0 Å². The Hall–Kier alpha value is -3.12. The van der Waals surface area contributed by atoms with Crippen LogP contribution in [0.3, 0.4) is 0 Å². The zero-order chi connectivity index (χ0) is 20.3. The third-order valence-corrected chi connectivity index (χ3v) is 4.08. The number of allylic oxidation sites excluding steroid dienone is 1. The van der Waals surface area contributed by atoms with Gasteiger partial charge in [-0.2, -0.15) is 13.2 Å². The average Bonchev–Trinajstić information content (AvgIpc) is 3.14. The maximum absolute atomic E-state index is 13.0. The Morgan fingerprint density at radius 3 is 2.14 bits per heavy atom. The molecule has 0 N–H and O–H groups in total. The van der Waals surface area contributed by atoms with Gasteiger partial charge in [-0.3, -0.25) is 9.59 Å². The van der Waals surface area contributed by atoms with Gasteiger partial charge in [0.2, 0.25) is 0 Å². The molecule has 3 nitrogen and oxygen atoms in total. The number of carbonyl (C=O) groups is 2. The number of ketones is 2. The predicted octanol–water partition coefficient (Wildman–Crippen LogP) is 6.00. The number of rotatable bonds is 5. The second-order valence-corrected chi connectivity index (χ2v) is 6.23. The van der Waals surface area contributed by atoms with Crippen molar-refractivity contribution >= 4 is 29.2 Å². The van der Waals surface area contributed by atoms with E-state index >= 15 is 0 Å². The molecular weight excluding hydrogens is 393 g/mol. The number of halogens is 4.